The highest BCUT2D eigenvalue weighted by atomic mass is 19.1. The molecule has 0 atom stereocenters. The maximum Gasteiger partial charge on any atom is 0.281 e. The highest BCUT2D eigenvalue weighted by Crippen LogP contribution is 2.38. The number of methoxy groups -OCH3 is 2. The molecule has 2 rings (SSSR count). The fourth-order valence-electron chi connectivity index (χ4n) is 2.13. The van der Waals surface area contributed by atoms with Crippen LogP contribution in [0.4, 0.5) is 10.1 Å². The maximum atomic E-state index is 13.0. The lowest BCUT2D eigenvalue weighted by atomic mass is 10.0. The van der Waals surface area contributed by atoms with E-state index in [2.05, 4.69) is 0 Å². The fourth-order valence-corrected chi connectivity index (χ4v) is 2.13. The zero-order valence-electron chi connectivity index (χ0n) is 12.9. The van der Waals surface area contributed by atoms with Crippen LogP contribution < -0.4 is 9.47 Å². The predicted octanol–water partition coefficient (Wildman–Crippen LogP) is 3.82. The Labute approximate surface area is 137 Å². The van der Waals surface area contributed by atoms with Crippen molar-refractivity contribution in [3.05, 3.63) is 63.5 Å². The molecule has 0 aliphatic carbocycles. The molecule has 0 N–H and O–H groups in total. The van der Waals surface area contributed by atoms with Crippen molar-refractivity contribution in [1.82, 2.24) is 0 Å². The van der Waals surface area contributed by atoms with Crippen molar-refractivity contribution in [3.8, 4) is 17.6 Å². The Morgan fingerprint density at radius 2 is 1.79 bits per heavy atom. The summed E-state index contributed by atoms with van der Waals surface area (Å²) in [7, 11) is 2.75. The summed E-state index contributed by atoms with van der Waals surface area (Å²) in [6, 6.07) is 9.92. The van der Waals surface area contributed by atoms with Gasteiger partial charge in [0.25, 0.3) is 5.69 Å². The molecule has 2 aromatic rings. The molecule has 0 saturated carbocycles. The minimum Gasteiger partial charge on any atom is -0.493 e. The van der Waals surface area contributed by atoms with Gasteiger partial charge in [0.2, 0.25) is 0 Å². The van der Waals surface area contributed by atoms with Crippen LogP contribution in [0.1, 0.15) is 11.1 Å². The van der Waals surface area contributed by atoms with E-state index in [1.54, 1.807) is 0 Å². The molecule has 0 aliphatic heterocycles. The van der Waals surface area contributed by atoms with E-state index in [-0.39, 0.29) is 28.3 Å². The quantitative estimate of drug-likeness (QED) is 0.360. The molecule has 0 aromatic heterocycles. The lowest BCUT2D eigenvalue weighted by molar-refractivity contribution is -0.385. The van der Waals surface area contributed by atoms with Crippen molar-refractivity contribution in [2.75, 3.05) is 14.2 Å². The Balaban J connectivity index is 2.64. The Kier molecular flexibility index (Phi) is 5.12. The van der Waals surface area contributed by atoms with Gasteiger partial charge in [-0.3, -0.25) is 10.1 Å². The molecule has 0 aliphatic rings. The molecule has 0 radical (unpaired) electrons. The highest BCUT2D eigenvalue weighted by molar-refractivity contribution is 5.93. The molecule has 0 heterocycles. The first-order valence-corrected chi connectivity index (χ1v) is 6.78. The number of nitriles is 1. The van der Waals surface area contributed by atoms with Gasteiger partial charge in [0, 0.05) is 0 Å². The Morgan fingerprint density at radius 1 is 1.21 bits per heavy atom. The van der Waals surface area contributed by atoms with Crippen LogP contribution in [0.3, 0.4) is 0 Å². The lowest BCUT2D eigenvalue weighted by Crippen LogP contribution is -1.98. The maximum absolute atomic E-state index is 13.0. The third-order valence-corrected chi connectivity index (χ3v) is 3.29. The number of benzene rings is 2. The molecule has 0 spiro atoms. The number of nitro benzene ring substituents is 1. The summed E-state index contributed by atoms with van der Waals surface area (Å²) in [4.78, 5) is 10.7. The van der Waals surface area contributed by atoms with E-state index in [1.165, 1.54) is 56.7 Å². The average Bonchev–Trinajstić information content (AvgIpc) is 2.60. The van der Waals surface area contributed by atoms with E-state index in [4.69, 9.17) is 9.47 Å². The van der Waals surface area contributed by atoms with Crippen molar-refractivity contribution in [2.24, 2.45) is 0 Å². The molecule has 0 bridgehead atoms. The number of nitro groups is 1. The van der Waals surface area contributed by atoms with Crippen molar-refractivity contribution in [3.63, 3.8) is 0 Å². The number of hydrogen-bond donors (Lipinski definition) is 0. The second-order valence-corrected chi connectivity index (χ2v) is 4.70. The molecule has 0 saturated heterocycles. The molecular formula is C17H13FN2O4. The van der Waals surface area contributed by atoms with Crippen molar-refractivity contribution in [2.45, 2.75) is 0 Å². The number of allylic oxidation sites excluding steroid dienone is 1. The average molecular weight is 328 g/mol. The van der Waals surface area contributed by atoms with Crippen molar-refractivity contribution >= 4 is 17.3 Å². The van der Waals surface area contributed by atoms with Crippen molar-refractivity contribution in [1.29, 1.82) is 5.26 Å². The minimum absolute atomic E-state index is 0.0502. The van der Waals surface area contributed by atoms with Gasteiger partial charge < -0.3 is 9.47 Å². The first-order chi connectivity index (χ1) is 11.5. The van der Waals surface area contributed by atoms with Crippen LogP contribution in [0.15, 0.2) is 36.4 Å². The fraction of sp³-hybridized carbons (Fsp3) is 0.118. The molecule has 0 amide bonds. The highest BCUT2D eigenvalue weighted by Gasteiger charge is 2.22. The zero-order valence-corrected chi connectivity index (χ0v) is 12.9. The standard InChI is InChI=1S/C17H13FN2O4/c1-23-16-8-14(15(20(21)22)9-17(16)24-2)12(10-19)7-11-3-5-13(18)6-4-11/h3-9H,1-2H3/b12-7+. The number of ether oxygens (including phenoxy) is 2. The molecule has 2 aromatic carbocycles. The van der Waals surface area contributed by atoms with E-state index in [9.17, 15) is 19.8 Å². The Bertz CT molecular complexity index is 839. The van der Waals surface area contributed by atoms with E-state index in [0.29, 0.717) is 5.56 Å². The topological polar surface area (TPSA) is 85.4 Å². The van der Waals surface area contributed by atoms with Crippen LogP contribution in [0.2, 0.25) is 0 Å². The molecule has 7 heteroatoms. The monoisotopic (exact) mass is 328 g/mol. The van der Waals surface area contributed by atoms with Crippen LogP contribution >= 0.6 is 0 Å². The van der Waals surface area contributed by atoms with Crippen LogP contribution in [0.25, 0.3) is 11.6 Å². The van der Waals surface area contributed by atoms with E-state index >= 15 is 0 Å². The predicted molar refractivity (Wildman–Crippen MR) is 86.1 cm³/mol. The number of halogens is 1. The van der Waals surface area contributed by atoms with Gasteiger partial charge in [0.1, 0.15) is 11.9 Å². The normalized spacial score (nSPS) is 10.8. The summed E-state index contributed by atoms with van der Waals surface area (Å²) in [5, 5.41) is 20.7. The third-order valence-electron chi connectivity index (χ3n) is 3.29. The first kappa shape index (κ1) is 17.0. The second kappa shape index (κ2) is 7.24. The second-order valence-electron chi connectivity index (χ2n) is 4.70. The summed E-state index contributed by atoms with van der Waals surface area (Å²) in [6.45, 7) is 0. The molecular weight excluding hydrogens is 315 g/mol. The van der Waals surface area contributed by atoms with E-state index in [1.807, 2.05) is 6.07 Å². The van der Waals surface area contributed by atoms with Crippen LogP contribution in [-0.2, 0) is 0 Å². The minimum atomic E-state index is -0.604. The van der Waals surface area contributed by atoms with Crippen molar-refractivity contribution < 1.29 is 18.8 Å². The van der Waals surface area contributed by atoms with Crippen LogP contribution in [-0.4, -0.2) is 19.1 Å². The zero-order chi connectivity index (χ0) is 17.7. The molecule has 122 valence electrons. The Morgan fingerprint density at radius 3 is 2.29 bits per heavy atom. The van der Waals surface area contributed by atoms with Gasteiger partial charge in [-0.25, -0.2) is 4.39 Å². The Hall–Kier alpha value is -3.40. The summed E-state index contributed by atoms with van der Waals surface area (Å²) in [5.74, 6) is 0.0353. The van der Waals surface area contributed by atoms with Gasteiger partial charge in [-0.1, -0.05) is 12.1 Å². The number of nitrogens with zero attached hydrogens (tertiary/aromatic N) is 2. The summed E-state index contributed by atoms with van der Waals surface area (Å²) >= 11 is 0. The number of rotatable bonds is 5. The SMILES string of the molecule is COc1cc(/C(C#N)=C/c2ccc(F)cc2)c([N+](=O)[O-])cc1OC. The smallest absolute Gasteiger partial charge is 0.281 e. The van der Waals surface area contributed by atoms with Gasteiger partial charge in [0.05, 0.1) is 36.3 Å². The van der Waals surface area contributed by atoms with Gasteiger partial charge >= 0.3 is 0 Å². The molecule has 0 fully saturated rings. The van der Waals surface area contributed by atoms with Gasteiger partial charge in [0.15, 0.2) is 11.5 Å². The van der Waals surface area contributed by atoms with E-state index < -0.39 is 10.7 Å². The third kappa shape index (κ3) is 3.50. The van der Waals surface area contributed by atoms with E-state index in [0.717, 1.165) is 0 Å². The molecule has 24 heavy (non-hydrogen) atoms. The van der Waals surface area contributed by atoms with Crippen LogP contribution in [0.5, 0.6) is 11.5 Å². The molecule has 0 unspecified atom stereocenters. The first-order valence-electron chi connectivity index (χ1n) is 6.78. The van der Waals surface area contributed by atoms with Crippen LogP contribution in [0, 0.1) is 27.3 Å². The van der Waals surface area contributed by atoms with Gasteiger partial charge in [-0.15, -0.1) is 0 Å². The summed E-state index contributed by atoms with van der Waals surface area (Å²) in [5.41, 5.74) is 0.387. The number of hydrogen-bond acceptors (Lipinski definition) is 5. The molecule has 6 nitrogen and oxygen atoms in total. The summed E-state index contributed by atoms with van der Waals surface area (Å²) < 4.78 is 23.2. The lowest BCUT2D eigenvalue weighted by Gasteiger charge is -2.10. The largest absolute Gasteiger partial charge is 0.493 e. The van der Waals surface area contributed by atoms with Gasteiger partial charge in [-0.2, -0.15) is 5.26 Å². The van der Waals surface area contributed by atoms with Gasteiger partial charge in [-0.05, 0) is 29.8 Å². The summed E-state index contributed by atoms with van der Waals surface area (Å²) in [6.07, 6.45) is 1.44.